The van der Waals surface area contributed by atoms with Gasteiger partial charge < -0.3 is 0 Å². The molecule has 0 heterocycles. The number of nitro benzene ring substituents is 2. The van der Waals surface area contributed by atoms with Crippen molar-refractivity contribution in [1.29, 1.82) is 0 Å². The Morgan fingerprint density at radius 2 is 1.14 bits per heavy atom. The lowest BCUT2D eigenvalue weighted by Crippen LogP contribution is -2.06. The first-order valence-corrected chi connectivity index (χ1v) is 10.4. The van der Waals surface area contributed by atoms with Gasteiger partial charge in [-0.1, -0.05) is 24.3 Å². The molecule has 2 aromatic carbocycles. The van der Waals surface area contributed by atoms with Crippen LogP contribution in [0.1, 0.15) is 20.7 Å². The first-order valence-electron chi connectivity index (χ1n) is 8.09. The highest BCUT2D eigenvalue weighted by molar-refractivity contribution is 8.03. The Balaban J connectivity index is 1.70. The molecule has 0 radical (unpaired) electrons. The molecule has 0 aliphatic carbocycles. The third-order valence-corrected chi connectivity index (χ3v) is 5.77. The van der Waals surface area contributed by atoms with Gasteiger partial charge in [0.05, 0.1) is 21.4 Å². The minimum Gasteiger partial charge on any atom is -0.293 e. The van der Waals surface area contributed by atoms with Crippen molar-refractivity contribution in [3.63, 3.8) is 0 Å². The average Bonchev–Trinajstić information content (AvgIpc) is 2.70. The SMILES string of the molecule is O=C(CSCCSCC(=O)c1cccc([N+](=O)[O-])c1)c1cccc([N+](=O)[O-])c1. The average molecular weight is 420 g/mol. The number of Topliss-reactive ketones (excluding diaryl/α,β-unsaturated/α-hetero) is 2. The lowest BCUT2D eigenvalue weighted by Gasteiger charge is -2.03. The van der Waals surface area contributed by atoms with Crippen molar-refractivity contribution < 1.29 is 19.4 Å². The first-order chi connectivity index (χ1) is 13.4. The molecule has 0 aromatic heterocycles. The van der Waals surface area contributed by atoms with E-state index in [0.29, 0.717) is 22.6 Å². The van der Waals surface area contributed by atoms with E-state index in [1.807, 2.05) is 0 Å². The molecule has 28 heavy (non-hydrogen) atoms. The highest BCUT2D eigenvalue weighted by Crippen LogP contribution is 2.17. The van der Waals surface area contributed by atoms with Crippen LogP contribution in [0.25, 0.3) is 0 Å². The van der Waals surface area contributed by atoms with Crippen LogP contribution in [-0.4, -0.2) is 44.4 Å². The zero-order valence-electron chi connectivity index (χ0n) is 14.6. The monoisotopic (exact) mass is 420 g/mol. The molecule has 10 heteroatoms. The molecular formula is C18H16N2O6S2. The molecule has 0 saturated carbocycles. The van der Waals surface area contributed by atoms with Crippen LogP contribution >= 0.6 is 23.5 Å². The molecule has 0 unspecified atom stereocenters. The van der Waals surface area contributed by atoms with E-state index in [0.717, 1.165) is 0 Å². The standard InChI is InChI=1S/C18H16N2O6S2/c21-17(13-3-1-5-15(9-13)19(23)24)11-27-7-8-28-12-18(22)14-4-2-6-16(10-14)20(25)26/h1-6,9-10H,7-8,11-12H2. The van der Waals surface area contributed by atoms with Gasteiger partial charge in [-0.2, -0.15) is 23.5 Å². The predicted molar refractivity (Wildman–Crippen MR) is 110 cm³/mol. The quantitative estimate of drug-likeness (QED) is 0.231. The third kappa shape index (κ3) is 6.46. The Morgan fingerprint density at radius 3 is 1.50 bits per heavy atom. The van der Waals surface area contributed by atoms with E-state index in [1.54, 1.807) is 12.1 Å². The van der Waals surface area contributed by atoms with Crippen molar-refractivity contribution in [1.82, 2.24) is 0 Å². The summed E-state index contributed by atoms with van der Waals surface area (Å²) in [6.07, 6.45) is 0. The van der Waals surface area contributed by atoms with Gasteiger partial charge >= 0.3 is 0 Å². The maximum atomic E-state index is 12.1. The topological polar surface area (TPSA) is 120 Å². The molecule has 0 spiro atoms. The van der Waals surface area contributed by atoms with Crippen LogP contribution in [0.4, 0.5) is 11.4 Å². The van der Waals surface area contributed by atoms with Gasteiger partial charge in [0.25, 0.3) is 11.4 Å². The second-order valence-electron chi connectivity index (χ2n) is 5.57. The fourth-order valence-corrected chi connectivity index (χ4v) is 4.14. The lowest BCUT2D eigenvalue weighted by molar-refractivity contribution is -0.385. The number of rotatable bonds is 11. The van der Waals surface area contributed by atoms with E-state index in [-0.39, 0.29) is 34.4 Å². The van der Waals surface area contributed by atoms with E-state index in [1.165, 1.54) is 59.9 Å². The summed E-state index contributed by atoms with van der Waals surface area (Å²) in [6.45, 7) is 0. The minimum absolute atomic E-state index is 0.119. The summed E-state index contributed by atoms with van der Waals surface area (Å²) in [5.41, 5.74) is 0.363. The fourth-order valence-electron chi connectivity index (χ4n) is 2.20. The van der Waals surface area contributed by atoms with Gasteiger partial charge in [0.1, 0.15) is 0 Å². The number of nitrogens with zero attached hydrogens (tertiary/aromatic N) is 2. The Morgan fingerprint density at radius 1 is 0.750 bits per heavy atom. The van der Waals surface area contributed by atoms with Crippen molar-refractivity contribution in [2.24, 2.45) is 0 Å². The molecule has 2 rings (SSSR count). The number of non-ortho nitro benzene ring substituents is 2. The molecular weight excluding hydrogens is 404 g/mol. The maximum Gasteiger partial charge on any atom is 0.270 e. The number of thioether (sulfide) groups is 2. The number of hydrogen-bond donors (Lipinski definition) is 0. The van der Waals surface area contributed by atoms with Gasteiger partial charge in [-0.05, 0) is 0 Å². The second-order valence-corrected chi connectivity index (χ2v) is 7.78. The van der Waals surface area contributed by atoms with Gasteiger partial charge in [0.2, 0.25) is 0 Å². The number of carbonyl (C=O) groups is 2. The summed E-state index contributed by atoms with van der Waals surface area (Å²) >= 11 is 2.77. The van der Waals surface area contributed by atoms with Gasteiger partial charge in [0, 0.05) is 46.9 Å². The molecule has 0 aliphatic rings. The summed E-state index contributed by atoms with van der Waals surface area (Å²) in [4.78, 5) is 44.5. The first kappa shape index (κ1) is 21.6. The molecule has 0 fully saturated rings. The maximum absolute atomic E-state index is 12.1. The van der Waals surface area contributed by atoms with Crippen LogP contribution in [0.15, 0.2) is 48.5 Å². The van der Waals surface area contributed by atoms with Gasteiger partial charge in [-0.3, -0.25) is 29.8 Å². The predicted octanol–water partition coefficient (Wildman–Crippen LogP) is 4.04. The van der Waals surface area contributed by atoms with Gasteiger partial charge in [-0.25, -0.2) is 0 Å². The van der Waals surface area contributed by atoms with Gasteiger partial charge in [0.15, 0.2) is 11.6 Å². The molecule has 146 valence electrons. The molecule has 8 nitrogen and oxygen atoms in total. The van der Waals surface area contributed by atoms with E-state index in [2.05, 4.69) is 0 Å². The van der Waals surface area contributed by atoms with E-state index in [9.17, 15) is 29.8 Å². The van der Waals surface area contributed by atoms with Crippen LogP contribution in [0.3, 0.4) is 0 Å². The molecule has 0 bridgehead atoms. The highest BCUT2D eigenvalue weighted by Gasteiger charge is 2.13. The largest absolute Gasteiger partial charge is 0.293 e. The summed E-state index contributed by atoms with van der Waals surface area (Å²) in [5.74, 6) is 1.28. The number of benzene rings is 2. The highest BCUT2D eigenvalue weighted by atomic mass is 32.2. The molecule has 0 aliphatic heterocycles. The Labute approximate surface area is 169 Å². The van der Waals surface area contributed by atoms with Crippen LogP contribution in [0, 0.1) is 20.2 Å². The molecule has 2 aromatic rings. The smallest absolute Gasteiger partial charge is 0.270 e. The van der Waals surface area contributed by atoms with E-state index < -0.39 is 9.85 Å². The summed E-state index contributed by atoms with van der Waals surface area (Å²) < 4.78 is 0. The minimum atomic E-state index is -0.543. The number of ketones is 2. The van der Waals surface area contributed by atoms with E-state index in [4.69, 9.17) is 0 Å². The number of hydrogen-bond acceptors (Lipinski definition) is 8. The van der Waals surface area contributed by atoms with Crippen molar-refractivity contribution >= 4 is 46.5 Å². The zero-order chi connectivity index (χ0) is 20.5. The lowest BCUT2D eigenvalue weighted by atomic mass is 10.1. The van der Waals surface area contributed by atoms with Gasteiger partial charge in [-0.15, -0.1) is 0 Å². The van der Waals surface area contributed by atoms with Crippen molar-refractivity contribution in [2.75, 3.05) is 23.0 Å². The van der Waals surface area contributed by atoms with Crippen LogP contribution < -0.4 is 0 Å². The van der Waals surface area contributed by atoms with Crippen LogP contribution in [0.5, 0.6) is 0 Å². The fraction of sp³-hybridized carbons (Fsp3) is 0.222. The van der Waals surface area contributed by atoms with Crippen molar-refractivity contribution in [3.05, 3.63) is 79.9 Å². The molecule has 0 N–H and O–H groups in total. The number of nitro groups is 2. The molecule has 0 amide bonds. The third-order valence-electron chi connectivity index (χ3n) is 3.60. The second kappa shape index (κ2) is 10.6. The summed E-state index contributed by atoms with van der Waals surface area (Å²) in [6, 6.07) is 11.2. The molecule has 0 atom stereocenters. The van der Waals surface area contributed by atoms with Crippen molar-refractivity contribution in [3.8, 4) is 0 Å². The normalized spacial score (nSPS) is 10.4. The molecule has 0 saturated heterocycles. The van der Waals surface area contributed by atoms with Crippen LogP contribution in [0.2, 0.25) is 0 Å². The summed E-state index contributed by atoms with van der Waals surface area (Å²) in [5, 5.41) is 21.5. The van der Waals surface area contributed by atoms with Crippen LogP contribution in [-0.2, 0) is 0 Å². The Bertz CT molecular complexity index is 830. The summed E-state index contributed by atoms with van der Waals surface area (Å²) in [7, 11) is 0. The Kier molecular flexibility index (Phi) is 8.15. The van der Waals surface area contributed by atoms with Crippen molar-refractivity contribution in [2.45, 2.75) is 0 Å². The zero-order valence-corrected chi connectivity index (χ0v) is 16.2. The Hall–Kier alpha value is -2.72. The number of carbonyl (C=O) groups excluding carboxylic acids is 2. The van der Waals surface area contributed by atoms with E-state index >= 15 is 0 Å².